The maximum atomic E-state index is 12.9. The number of halogens is 3. The van der Waals surface area contributed by atoms with Crippen LogP contribution in [0, 0.1) is 0 Å². The van der Waals surface area contributed by atoms with Gasteiger partial charge in [-0.15, -0.1) is 5.10 Å². The molecule has 3 aromatic rings. The van der Waals surface area contributed by atoms with Crippen molar-refractivity contribution in [2.24, 2.45) is 5.10 Å². The van der Waals surface area contributed by atoms with Crippen molar-refractivity contribution >= 4 is 17.9 Å². The van der Waals surface area contributed by atoms with Gasteiger partial charge in [0.2, 0.25) is 11.6 Å². The highest BCUT2D eigenvalue weighted by Crippen LogP contribution is 2.29. The number of alkyl halides is 3. The molecule has 11 nitrogen and oxygen atoms in total. The standard InChI is InChI=1S/C20H22F3N9O2/c1-12-5-2-3-8-31(12)11-15-16(26-30-32(15)18-17(24)28-34-29-18)19(33)27-25-10-13-6-4-7-14(9-13)20(21,22)23/h4,6-7,9-10,12H,2-3,5,8,11H2,1H3,(H2,24,28)(H,27,33). The van der Waals surface area contributed by atoms with Gasteiger partial charge in [0.25, 0.3) is 5.91 Å². The molecule has 34 heavy (non-hydrogen) atoms. The van der Waals surface area contributed by atoms with Gasteiger partial charge in [0, 0.05) is 12.6 Å². The Morgan fingerprint density at radius 1 is 1.35 bits per heavy atom. The van der Waals surface area contributed by atoms with E-state index in [1.54, 1.807) is 0 Å². The number of hydrogen-bond acceptors (Lipinski definition) is 9. The zero-order valence-corrected chi connectivity index (χ0v) is 18.2. The summed E-state index contributed by atoms with van der Waals surface area (Å²) in [5.74, 6) is -0.616. The van der Waals surface area contributed by atoms with Crippen LogP contribution in [0.15, 0.2) is 34.0 Å². The number of likely N-dealkylation sites (tertiary alicyclic amines) is 1. The van der Waals surface area contributed by atoms with E-state index in [2.05, 4.69) is 47.6 Å². The molecule has 1 amide bonds. The molecule has 0 saturated carbocycles. The SMILES string of the molecule is CC1CCCCN1Cc1c(C(=O)NN=Cc2cccc(C(F)(F)F)c2)nnn1-c1nonc1N. The maximum absolute atomic E-state index is 12.9. The fourth-order valence-electron chi connectivity index (χ4n) is 3.73. The molecule has 14 heteroatoms. The molecular weight excluding hydrogens is 455 g/mol. The van der Waals surface area contributed by atoms with Gasteiger partial charge in [-0.3, -0.25) is 9.69 Å². The first-order valence-electron chi connectivity index (χ1n) is 10.5. The van der Waals surface area contributed by atoms with Crippen molar-refractivity contribution in [3.63, 3.8) is 0 Å². The summed E-state index contributed by atoms with van der Waals surface area (Å²) < 4.78 is 44.6. The van der Waals surface area contributed by atoms with Gasteiger partial charge in [-0.25, -0.2) is 10.1 Å². The van der Waals surface area contributed by atoms with Crippen molar-refractivity contribution in [1.82, 2.24) is 35.6 Å². The van der Waals surface area contributed by atoms with Crippen molar-refractivity contribution < 1.29 is 22.6 Å². The zero-order valence-electron chi connectivity index (χ0n) is 18.2. The number of nitrogens with one attached hydrogen (secondary N) is 1. The number of nitrogens with two attached hydrogens (primary N) is 1. The quantitative estimate of drug-likeness (QED) is 0.407. The van der Waals surface area contributed by atoms with Crippen LogP contribution in [-0.2, 0) is 12.7 Å². The molecular formula is C20H22F3N9O2. The van der Waals surface area contributed by atoms with E-state index in [1.807, 2.05) is 0 Å². The van der Waals surface area contributed by atoms with E-state index in [9.17, 15) is 18.0 Å². The minimum Gasteiger partial charge on any atom is -0.378 e. The Balaban J connectivity index is 1.57. The Bertz CT molecular complexity index is 1190. The normalized spacial score (nSPS) is 17.4. The third-order valence-electron chi connectivity index (χ3n) is 5.56. The van der Waals surface area contributed by atoms with Gasteiger partial charge in [-0.1, -0.05) is 23.8 Å². The molecule has 1 unspecified atom stereocenters. The Labute approximate surface area is 191 Å². The summed E-state index contributed by atoms with van der Waals surface area (Å²) in [6, 6.07) is 4.85. The van der Waals surface area contributed by atoms with Crippen molar-refractivity contribution in [3.8, 4) is 5.82 Å². The molecule has 180 valence electrons. The summed E-state index contributed by atoms with van der Waals surface area (Å²) in [6.45, 7) is 3.26. The zero-order chi connectivity index (χ0) is 24.3. The summed E-state index contributed by atoms with van der Waals surface area (Å²) in [4.78, 5) is 15.0. The number of hydrogen-bond donors (Lipinski definition) is 2. The van der Waals surface area contributed by atoms with Crippen LogP contribution in [0.1, 0.15) is 53.5 Å². The average Bonchev–Trinajstić information content (AvgIpc) is 3.40. The van der Waals surface area contributed by atoms with E-state index >= 15 is 0 Å². The molecule has 1 aliphatic rings. The second-order valence-corrected chi connectivity index (χ2v) is 7.91. The Hall–Kier alpha value is -3.81. The first kappa shape index (κ1) is 23.4. The van der Waals surface area contributed by atoms with Gasteiger partial charge in [0.1, 0.15) is 0 Å². The van der Waals surface area contributed by atoms with Crippen LogP contribution < -0.4 is 11.2 Å². The molecule has 3 N–H and O–H groups in total. The van der Waals surface area contributed by atoms with Gasteiger partial charge in [-0.05, 0) is 54.3 Å². The summed E-state index contributed by atoms with van der Waals surface area (Å²) >= 11 is 0. The second kappa shape index (κ2) is 9.59. The molecule has 4 rings (SSSR count). The van der Waals surface area contributed by atoms with Crippen molar-refractivity contribution in [1.29, 1.82) is 0 Å². The van der Waals surface area contributed by atoms with Gasteiger partial charge < -0.3 is 5.73 Å². The van der Waals surface area contributed by atoms with Crippen LogP contribution in [0.3, 0.4) is 0 Å². The first-order valence-corrected chi connectivity index (χ1v) is 10.5. The lowest BCUT2D eigenvalue weighted by Crippen LogP contribution is -2.38. The number of carbonyl (C=O) groups is 1. The van der Waals surface area contributed by atoms with Gasteiger partial charge in [0.05, 0.1) is 17.5 Å². The van der Waals surface area contributed by atoms with E-state index in [-0.39, 0.29) is 28.9 Å². The van der Waals surface area contributed by atoms with Crippen molar-refractivity contribution in [3.05, 3.63) is 46.8 Å². The number of nitrogens with zero attached hydrogens (tertiary/aromatic N) is 7. The topological polar surface area (TPSA) is 140 Å². The summed E-state index contributed by atoms with van der Waals surface area (Å²) in [6.07, 6.45) is -0.221. The van der Waals surface area contributed by atoms with Crippen LogP contribution in [-0.4, -0.2) is 54.9 Å². The smallest absolute Gasteiger partial charge is 0.378 e. The number of amides is 1. The number of nitrogen functional groups attached to an aromatic ring is 1. The third kappa shape index (κ3) is 5.06. The minimum atomic E-state index is -4.48. The molecule has 0 spiro atoms. The first-order chi connectivity index (χ1) is 16.2. The molecule has 2 aromatic heterocycles. The number of rotatable bonds is 6. The molecule has 1 aliphatic heterocycles. The van der Waals surface area contributed by atoms with Gasteiger partial charge >= 0.3 is 6.18 Å². The van der Waals surface area contributed by atoms with E-state index < -0.39 is 17.6 Å². The van der Waals surface area contributed by atoms with Gasteiger partial charge in [0.15, 0.2) is 5.69 Å². The van der Waals surface area contributed by atoms with Crippen LogP contribution in [0.25, 0.3) is 5.82 Å². The Morgan fingerprint density at radius 2 is 2.18 bits per heavy atom. The van der Waals surface area contributed by atoms with E-state index in [4.69, 9.17) is 5.73 Å². The molecule has 1 atom stereocenters. The lowest BCUT2D eigenvalue weighted by Gasteiger charge is -2.33. The predicted molar refractivity (Wildman–Crippen MR) is 114 cm³/mol. The number of hydrazone groups is 1. The number of aromatic nitrogens is 5. The van der Waals surface area contributed by atoms with E-state index in [1.165, 1.54) is 16.8 Å². The molecule has 1 fully saturated rings. The molecule has 0 radical (unpaired) electrons. The summed E-state index contributed by atoms with van der Waals surface area (Å²) in [5.41, 5.74) is 7.82. The average molecular weight is 477 g/mol. The van der Waals surface area contributed by atoms with Crippen LogP contribution >= 0.6 is 0 Å². The highest BCUT2D eigenvalue weighted by atomic mass is 19.4. The number of benzene rings is 1. The fraction of sp³-hybridized carbons (Fsp3) is 0.400. The van der Waals surface area contributed by atoms with E-state index in [0.29, 0.717) is 12.2 Å². The van der Waals surface area contributed by atoms with Crippen molar-refractivity contribution in [2.75, 3.05) is 12.3 Å². The molecule has 0 aliphatic carbocycles. The van der Waals surface area contributed by atoms with Crippen LogP contribution in [0.4, 0.5) is 19.0 Å². The lowest BCUT2D eigenvalue weighted by molar-refractivity contribution is -0.137. The molecule has 1 aromatic carbocycles. The Kier molecular flexibility index (Phi) is 6.58. The largest absolute Gasteiger partial charge is 0.416 e. The number of carbonyl (C=O) groups excluding carboxylic acids is 1. The Morgan fingerprint density at radius 3 is 2.88 bits per heavy atom. The second-order valence-electron chi connectivity index (χ2n) is 7.91. The molecule has 0 bridgehead atoms. The fourth-order valence-corrected chi connectivity index (χ4v) is 3.73. The van der Waals surface area contributed by atoms with Crippen LogP contribution in [0.5, 0.6) is 0 Å². The minimum absolute atomic E-state index is 0.0210. The summed E-state index contributed by atoms with van der Waals surface area (Å²) in [7, 11) is 0. The lowest BCUT2D eigenvalue weighted by atomic mass is 10.0. The number of anilines is 1. The number of piperidine rings is 1. The van der Waals surface area contributed by atoms with Crippen molar-refractivity contribution in [2.45, 2.75) is 44.9 Å². The van der Waals surface area contributed by atoms with E-state index in [0.717, 1.165) is 44.2 Å². The maximum Gasteiger partial charge on any atom is 0.416 e. The predicted octanol–water partition coefficient (Wildman–Crippen LogP) is 2.39. The third-order valence-corrected chi connectivity index (χ3v) is 5.56. The molecule has 1 saturated heterocycles. The highest BCUT2D eigenvalue weighted by molar-refractivity contribution is 5.94. The monoisotopic (exact) mass is 477 g/mol. The molecule has 3 heterocycles. The van der Waals surface area contributed by atoms with Gasteiger partial charge in [-0.2, -0.15) is 23.0 Å². The summed E-state index contributed by atoms with van der Waals surface area (Å²) in [5, 5.41) is 19.0. The highest BCUT2D eigenvalue weighted by Gasteiger charge is 2.30. The van der Waals surface area contributed by atoms with Crippen LogP contribution in [0.2, 0.25) is 0 Å².